The van der Waals surface area contributed by atoms with Crippen LogP contribution in [0.25, 0.3) is 0 Å². The van der Waals surface area contributed by atoms with E-state index in [4.69, 9.17) is 9.84 Å². The number of esters is 1. The summed E-state index contributed by atoms with van der Waals surface area (Å²) >= 11 is 0. The Labute approximate surface area is 102 Å². The van der Waals surface area contributed by atoms with E-state index in [1.54, 1.807) is 6.08 Å². The average molecular weight is 240 g/mol. The maximum atomic E-state index is 11.3. The molecule has 0 aromatic rings. The molecule has 0 aliphatic heterocycles. The van der Waals surface area contributed by atoms with Crippen LogP contribution in [0.1, 0.15) is 27.2 Å². The zero-order valence-corrected chi connectivity index (χ0v) is 10.6. The molecule has 0 rings (SSSR count). The minimum absolute atomic E-state index is 0.162. The van der Waals surface area contributed by atoms with Gasteiger partial charge in [-0.2, -0.15) is 0 Å². The normalized spacial score (nSPS) is 14.6. The SMILES string of the molecule is C=CC(OC(=O)C=CC(=O)O)C(C)CC(C)C. The molecule has 2 unspecified atom stereocenters. The van der Waals surface area contributed by atoms with Gasteiger partial charge in [-0.3, -0.25) is 0 Å². The van der Waals surface area contributed by atoms with Gasteiger partial charge in [0.25, 0.3) is 0 Å². The summed E-state index contributed by atoms with van der Waals surface area (Å²) in [5.74, 6) is -1.17. The predicted octanol–water partition coefficient (Wildman–Crippen LogP) is 2.41. The van der Waals surface area contributed by atoms with E-state index in [1.165, 1.54) is 0 Å². The van der Waals surface area contributed by atoms with Gasteiger partial charge < -0.3 is 9.84 Å². The highest BCUT2D eigenvalue weighted by Crippen LogP contribution is 2.18. The van der Waals surface area contributed by atoms with E-state index < -0.39 is 11.9 Å². The first-order valence-electron chi connectivity index (χ1n) is 5.61. The fourth-order valence-electron chi connectivity index (χ4n) is 1.59. The second-order valence-electron chi connectivity index (χ2n) is 4.42. The maximum Gasteiger partial charge on any atom is 0.331 e. The second kappa shape index (κ2) is 7.65. The molecule has 0 bridgehead atoms. The lowest BCUT2D eigenvalue weighted by atomic mass is 9.94. The van der Waals surface area contributed by atoms with Crippen molar-refractivity contribution in [3.63, 3.8) is 0 Å². The number of carbonyl (C=O) groups excluding carboxylic acids is 1. The quantitative estimate of drug-likeness (QED) is 0.421. The highest BCUT2D eigenvalue weighted by atomic mass is 16.5. The number of carboxylic acids is 1. The number of ether oxygens (including phenoxy) is 1. The zero-order chi connectivity index (χ0) is 13.4. The smallest absolute Gasteiger partial charge is 0.331 e. The summed E-state index contributed by atoms with van der Waals surface area (Å²) < 4.78 is 5.11. The molecule has 0 aliphatic carbocycles. The third kappa shape index (κ3) is 7.33. The Morgan fingerprint density at radius 1 is 1.29 bits per heavy atom. The minimum Gasteiger partial charge on any atom is -0.478 e. The van der Waals surface area contributed by atoms with Gasteiger partial charge >= 0.3 is 11.9 Å². The molecule has 0 heterocycles. The van der Waals surface area contributed by atoms with E-state index in [0.717, 1.165) is 18.6 Å². The van der Waals surface area contributed by atoms with Crippen LogP contribution in [-0.2, 0) is 14.3 Å². The Kier molecular flexibility index (Phi) is 6.94. The molecular weight excluding hydrogens is 220 g/mol. The monoisotopic (exact) mass is 240 g/mol. The predicted molar refractivity (Wildman–Crippen MR) is 65.5 cm³/mol. The summed E-state index contributed by atoms with van der Waals surface area (Å²) in [5, 5.41) is 8.37. The van der Waals surface area contributed by atoms with Crippen LogP contribution in [0, 0.1) is 11.8 Å². The number of hydrogen-bond donors (Lipinski definition) is 1. The highest BCUT2D eigenvalue weighted by Gasteiger charge is 2.18. The van der Waals surface area contributed by atoms with E-state index in [9.17, 15) is 9.59 Å². The van der Waals surface area contributed by atoms with Crippen LogP contribution in [0.5, 0.6) is 0 Å². The summed E-state index contributed by atoms with van der Waals surface area (Å²) in [6.07, 6.45) is 3.76. The number of carbonyl (C=O) groups is 2. The van der Waals surface area contributed by atoms with E-state index >= 15 is 0 Å². The van der Waals surface area contributed by atoms with Crippen molar-refractivity contribution in [1.82, 2.24) is 0 Å². The van der Waals surface area contributed by atoms with Crippen molar-refractivity contribution in [2.75, 3.05) is 0 Å². The molecule has 0 fully saturated rings. The first-order valence-corrected chi connectivity index (χ1v) is 5.61. The Balaban J connectivity index is 4.34. The molecule has 4 nitrogen and oxygen atoms in total. The van der Waals surface area contributed by atoms with Crippen molar-refractivity contribution in [1.29, 1.82) is 0 Å². The molecule has 0 saturated carbocycles. The van der Waals surface area contributed by atoms with Gasteiger partial charge in [0.15, 0.2) is 0 Å². The van der Waals surface area contributed by atoms with Crippen LogP contribution in [0.3, 0.4) is 0 Å². The van der Waals surface area contributed by atoms with E-state index in [-0.39, 0.29) is 12.0 Å². The maximum absolute atomic E-state index is 11.3. The summed E-state index contributed by atoms with van der Waals surface area (Å²) in [4.78, 5) is 21.5. The third-order valence-corrected chi connectivity index (χ3v) is 2.25. The standard InChI is InChI=1S/C13H20O4/c1-5-11(10(4)8-9(2)3)17-13(16)7-6-12(14)15/h5-7,9-11H,1,8H2,2-4H3,(H,14,15). The molecule has 2 atom stereocenters. The second-order valence-corrected chi connectivity index (χ2v) is 4.42. The number of rotatable bonds is 7. The van der Waals surface area contributed by atoms with Crippen LogP contribution in [0.15, 0.2) is 24.8 Å². The van der Waals surface area contributed by atoms with Crippen LogP contribution in [0.2, 0.25) is 0 Å². The van der Waals surface area contributed by atoms with Gasteiger partial charge in [-0.25, -0.2) is 9.59 Å². The molecule has 0 amide bonds. The molecule has 96 valence electrons. The molecule has 0 aromatic carbocycles. The molecule has 17 heavy (non-hydrogen) atoms. The Hall–Kier alpha value is -1.58. The van der Waals surface area contributed by atoms with Gasteiger partial charge in [0.05, 0.1) is 0 Å². The lowest BCUT2D eigenvalue weighted by molar-refractivity contribution is -0.143. The average Bonchev–Trinajstić information content (AvgIpc) is 2.21. The lowest BCUT2D eigenvalue weighted by Crippen LogP contribution is -2.23. The molecule has 0 aromatic heterocycles. The van der Waals surface area contributed by atoms with E-state index in [2.05, 4.69) is 20.4 Å². The lowest BCUT2D eigenvalue weighted by Gasteiger charge is -2.21. The van der Waals surface area contributed by atoms with Crippen LogP contribution in [0.4, 0.5) is 0 Å². The van der Waals surface area contributed by atoms with Crippen molar-refractivity contribution in [3.05, 3.63) is 24.8 Å². The topological polar surface area (TPSA) is 63.6 Å². The van der Waals surface area contributed by atoms with Crippen molar-refractivity contribution < 1.29 is 19.4 Å². The van der Waals surface area contributed by atoms with Crippen LogP contribution in [-0.4, -0.2) is 23.1 Å². The Morgan fingerprint density at radius 3 is 2.29 bits per heavy atom. The molecule has 0 radical (unpaired) electrons. The van der Waals surface area contributed by atoms with E-state index in [0.29, 0.717) is 5.92 Å². The summed E-state index contributed by atoms with van der Waals surface area (Å²) in [5.41, 5.74) is 0. The molecule has 0 aliphatic rings. The molecule has 1 N–H and O–H groups in total. The van der Waals surface area contributed by atoms with Gasteiger partial charge in [-0.15, -0.1) is 0 Å². The van der Waals surface area contributed by atoms with E-state index in [1.807, 2.05) is 6.92 Å². The fourth-order valence-corrected chi connectivity index (χ4v) is 1.59. The highest BCUT2D eigenvalue weighted by molar-refractivity contribution is 5.90. The number of carboxylic acid groups (broad SMARTS) is 1. The van der Waals surface area contributed by atoms with Crippen molar-refractivity contribution in [3.8, 4) is 0 Å². The minimum atomic E-state index is -1.17. The van der Waals surface area contributed by atoms with Crippen molar-refractivity contribution in [2.24, 2.45) is 11.8 Å². The van der Waals surface area contributed by atoms with Crippen molar-refractivity contribution in [2.45, 2.75) is 33.3 Å². The van der Waals surface area contributed by atoms with Gasteiger partial charge in [0.1, 0.15) is 6.10 Å². The molecule has 4 heteroatoms. The molecular formula is C13H20O4. The number of aliphatic carboxylic acids is 1. The summed E-state index contributed by atoms with van der Waals surface area (Å²) in [6, 6.07) is 0. The van der Waals surface area contributed by atoms with Crippen LogP contribution >= 0.6 is 0 Å². The first kappa shape index (κ1) is 15.4. The Morgan fingerprint density at radius 2 is 1.88 bits per heavy atom. The Bertz CT molecular complexity index is 305. The third-order valence-electron chi connectivity index (χ3n) is 2.25. The summed E-state index contributed by atoms with van der Waals surface area (Å²) in [6.45, 7) is 9.77. The zero-order valence-electron chi connectivity index (χ0n) is 10.6. The number of hydrogen-bond acceptors (Lipinski definition) is 3. The van der Waals surface area contributed by atoms with Gasteiger partial charge in [0.2, 0.25) is 0 Å². The van der Waals surface area contributed by atoms with Gasteiger partial charge in [-0.05, 0) is 18.3 Å². The molecule has 0 saturated heterocycles. The van der Waals surface area contributed by atoms with Crippen molar-refractivity contribution >= 4 is 11.9 Å². The van der Waals surface area contributed by atoms with Gasteiger partial charge in [0, 0.05) is 12.2 Å². The summed E-state index contributed by atoms with van der Waals surface area (Å²) in [7, 11) is 0. The van der Waals surface area contributed by atoms with Gasteiger partial charge in [-0.1, -0.05) is 33.4 Å². The largest absolute Gasteiger partial charge is 0.478 e. The van der Waals surface area contributed by atoms with Crippen LogP contribution < -0.4 is 0 Å². The first-order chi connectivity index (χ1) is 7.86. The molecule has 0 spiro atoms. The fraction of sp³-hybridized carbons (Fsp3) is 0.538.